The average Bonchev–Trinajstić information content (AvgIpc) is 2.93. The molecular weight excluding hydrogens is 244 g/mol. The van der Waals surface area contributed by atoms with Gasteiger partial charge in [-0.25, -0.2) is 0 Å². The summed E-state index contributed by atoms with van der Waals surface area (Å²) in [6, 6.07) is 3.55. The molecular formula is C14H18N2O3. The molecule has 1 amide bonds. The maximum Gasteiger partial charge on any atom is 0.249 e. The van der Waals surface area contributed by atoms with Crippen molar-refractivity contribution in [2.24, 2.45) is 0 Å². The van der Waals surface area contributed by atoms with Gasteiger partial charge in [0, 0.05) is 24.4 Å². The Morgan fingerprint density at radius 1 is 1.37 bits per heavy atom. The van der Waals surface area contributed by atoms with E-state index in [0.717, 1.165) is 43.4 Å². The van der Waals surface area contributed by atoms with E-state index in [9.17, 15) is 9.59 Å². The summed E-state index contributed by atoms with van der Waals surface area (Å²) in [5, 5.41) is 3.06. The molecule has 0 bridgehead atoms. The third kappa shape index (κ3) is 2.71. The Kier molecular flexibility index (Phi) is 3.38. The normalized spacial score (nSPS) is 25.9. The Morgan fingerprint density at radius 2 is 2.26 bits per heavy atom. The quantitative estimate of drug-likeness (QED) is 0.816. The molecule has 0 aromatic carbocycles. The molecule has 1 unspecified atom stereocenters. The SMILES string of the molecule is O=C(NC1CCc2[nH]c(=O)ccc2C1)[C@H]1CCCO1. The average molecular weight is 262 g/mol. The van der Waals surface area contributed by atoms with Crippen LogP contribution in [0.2, 0.25) is 0 Å². The summed E-state index contributed by atoms with van der Waals surface area (Å²) in [6.45, 7) is 0.687. The van der Waals surface area contributed by atoms with Gasteiger partial charge in [0.25, 0.3) is 0 Å². The van der Waals surface area contributed by atoms with Crippen molar-refractivity contribution in [3.05, 3.63) is 33.7 Å². The van der Waals surface area contributed by atoms with Crippen LogP contribution in [0.3, 0.4) is 0 Å². The van der Waals surface area contributed by atoms with Gasteiger partial charge in [0.05, 0.1) is 0 Å². The number of amides is 1. The van der Waals surface area contributed by atoms with Crippen molar-refractivity contribution in [1.82, 2.24) is 10.3 Å². The molecule has 19 heavy (non-hydrogen) atoms. The van der Waals surface area contributed by atoms with Gasteiger partial charge in [-0.1, -0.05) is 6.07 Å². The Balaban J connectivity index is 1.63. The van der Waals surface area contributed by atoms with Gasteiger partial charge in [0.1, 0.15) is 6.10 Å². The molecule has 3 rings (SSSR count). The molecule has 1 saturated heterocycles. The minimum absolute atomic E-state index is 0.00961. The second kappa shape index (κ2) is 5.17. The molecule has 0 radical (unpaired) electrons. The lowest BCUT2D eigenvalue weighted by molar-refractivity contribution is -0.130. The van der Waals surface area contributed by atoms with Crippen molar-refractivity contribution in [2.45, 2.75) is 44.2 Å². The van der Waals surface area contributed by atoms with E-state index in [2.05, 4.69) is 10.3 Å². The molecule has 1 aromatic rings. The number of fused-ring (bicyclic) bond motifs is 1. The molecule has 1 aliphatic carbocycles. The van der Waals surface area contributed by atoms with E-state index in [4.69, 9.17) is 4.74 Å². The van der Waals surface area contributed by atoms with E-state index in [1.54, 1.807) is 6.07 Å². The van der Waals surface area contributed by atoms with Gasteiger partial charge >= 0.3 is 0 Å². The predicted molar refractivity (Wildman–Crippen MR) is 70.0 cm³/mol. The Bertz CT molecular complexity index is 532. The molecule has 5 heteroatoms. The topological polar surface area (TPSA) is 71.2 Å². The number of aryl methyl sites for hydroxylation is 1. The molecule has 102 valence electrons. The van der Waals surface area contributed by atoms with Crippen molar-refractivity contribution in [1.29, 1.82) is 0 Å². The lowest BCUT2D eigenvalue weighted by atomic mass is 9.91. The minimum Gasteiger partial charge on any atom is -0.368 e. The molecule has 0 saturated carbocycles. The lowest BCUT2D eigenvalue weighted by Crippen LogP contribution is -2.44. The van der Waals surface area contributed by atoms with Gasteiger partial charge in [-0.2, -0.15) is 0 Å². The highest BCUT2D eigenvalue weighted by Crippen LogP contribution is 2.19. The van der Waals surface area contributed by atoms with Gasteiger partial charge in [0.2, 0.25) is 11.5 Å². The summed E-state index contributed by atoms with van der Waals surface area (Å²) in [7, 11) is 0. The lowest BCUT2D eigenvalue weighted by Gasteiger charge is -2.26. The van der Waals surface area contributed by atoms with Crippen molar-refractivity contribution in [3.8, 4) is 0 Å². The van der Waals surface area contributed by atoms with Crippen LogP contribution in [0.1, 0.15) is 30.5 Å². The first kappa shape index (κ1) is 12.4. The van der Waals surface area contributed by atoms with Gasteiger partial charge in [-0.05, 0) is 37.7 Å². The van der Waals surface area contributed by atoms with Crippen molar-refractivity contribution in [3.63, 3.8) is 0 Å². The van der Waals surface area contributed by atoms with Crippen molar-refractivity contribution in [2.75, 3.05) is 6.61 Å². The van der Waals surface area contributed by atoms with E-state index in [1.807, 2.05) is 6.07 Å². The number of hydrogen-bond acceptors (Lipinski definition) is 3. The summed E-state index contributed by atoms with van der Waals surface area (Å²) in [5.74, 6) is 0.00961. The number of nitrogens with one attached hydrogen (secondary N) is 2. The maximum absolute atomic E-state index is 12.0. The number of H-pyrrole nitrogens is 1. The fraction of sp³-hybridized carbons (Fsp3) is 0.571. The summed E-state index contributed by atoms with van der Waals surface area (Å²) in [4.78, 5) is 26.1. The zero-order valence-corrected chi connectivity index (χ0v) is 10.8. The van der Waals surface area contributed by atoms with Crippen LogP contribution in [0.4, 0.5) is 0 Å². The molecule has 0 spiro atoms. The summed E-state index contributed by atoms with van der Waals surface area (Å²) in [6.07, 6.45) is 3.98. The van der Waals surface area contributed by atoms with Crippen molar-refractivity contribution >= 4 is 5.91 Å². The molecule has 5 nitrogen and oxygen atoms in total. The van der Waals surface area contributed by atoms with Crippen LogP contribution in [-0.2, 0) is 22.4 Å². The number of carbonyl (C=O) groups excluding carboxylic acids is 1. The minimum atomic E-state index is -0.267. The monoisotopic (exact) mass is 262 g/mol. The smallest absolute Gasteiger partial charge is 0.249 e. The third-order valence-electron chi connectivity index (χ3n) is 3.88. The first-order chi connectivity index (χ1) is 9.22. The number of pyridine rings is 1. The highest BCUT2D eigenvalue weighted by molar-refractivity contribution is 5.81. The Morgan fingerprint density at radius 3 is 3.05 bits per heavy atom. The second-order valence-electron chi connectivity index (χ2n) is 5.28. The van der Waals surface area contributed by atoms with E-state index in [1.165, 1.54) is 0 Å². The molecule has 1 aromatic heterocycles. The van der Waals surface area contributed by atoms with E-state index in [0.29, 0.717) is 6.61 Å². The summed E-state index contributed by atoms with van der Waals surface area (Å²) >= 11 is 0. The number of carbonyl (C=O) groups is 1. The Hall–Kier alpha value is -1.62. The van der Waals surface area contributed by atoms with Crippen LogP contribution < -0.4 is 10.9 Å². The predicted octanol–water partition coefficient (Wildman–Crippen LogP) is 0.527. The van der Waals surface area contributed by atoms with Gasteiger partial charge in [0.15, 0.2) is 0 Å². The van der Waals surface area contributed by atoms with Crippen molar-refractivity contribution < 1.29 is 9.53 Å². The van der Waals surface area contributed by atoms with Crippen LogP contribution in [0.25, 0.3) is 0 Å². The fourth-order valence-electron chi connectivity index (χ4n) is 2.85. The molecule has 2 N–H and O–H groups in total. The van der Waals surface area contributed by atoms with E-state index >= 15 is 0 Å². The van der Waals surface area contributed by atoms with Crippen LogP contribution in [-0.4, -0.2) is 29.6 Å². The largest absolute Gasteiger partial charge is 0.368 e. The van der Waals surface area contributed by atoms with Gasteiger partial charge < -0.3 is 15.0 Å². The number of aromatic nitrogens is 1. The van der Waals surface area contributed by atoms with Crippen LogP contribution in [0, 0.1) is 0 Å². The zero-order valence-electron chi connectivity index (χ0n) is 10.8. The standard InChI is InChI=1S/C14H18N2O3/c17-13-6-3-9-8-10(4-5-11(9)16-13)15-14(18)12-2-1-7-19-12/h3,6,10,12H,1-2,4-5,7-8H2,(H,15,18)(H,16,17)/t10?,12-/m1/s1. The van der Waals surface area contributed by atoms with E-state index in [-0.39, 0.29) is 23.6 Å². The molecule has 1 aliphatic heterocycles. The molecule has 2 aliphatic rings. The van der Waals surface area contributed by atoms with Gasteiger partial charge in [-0.3, -0.25) is 9.59 Å². The first-order valence-corrected chi connectivity index (χ1v) is 6.85. The maximum atomic E-state index is 12.0. The van der Waals surface area contributed by atoms with Crippen LogP contribution >= 0.6 is 0 Å². The molecule has 2 atom stereocenters. The fourth-order valence-corrected chi connectivity index (χ4v) is 2.85. The highest BCUT2D eigenvalue weighted by atomic mass is 16.5. The molecule has 1 fully saturated rings. The zero-order chi connectivity index (χ0) is 13.2. The van der Waals surface area contributed by atoms with Crippen LogP contribution in [0.15, 0.2) is 16.9 Å². The first-order valence-electron chi connectivity index (χ1n) is 6.85. The van der Waals surface area contributed by atoms with E-state index < -0.39 is 0 Å². The number of hydrogen-bond donors (Lipinski definition) is 2. The van der Waals surface area contributed by atoms with Crippen LogP contribution in [0.5, 0.6) is 0 Å². The number of ether oxygens (including phenoxy) is 1. The molecule has 2 heterocycles. The Labute approximate surface area is 111 Å². The second-order valence-corrected chi connectivity index (χ2v) is 5.28. The number of rotatable bonds is 2. The third-order valence-corrected chi connectivity index (χ3v) is 3.88. The highest BCUT2D eigenvalue weighted by Gasteiger charge is 2.27. The van der Waals surface area contributed by atoms with Gasteiger partial charge in [-0.15, -0.1) is 0 Å². The summed E-state index contributed by atoms with van der Waals surface area (Å²) < 4.78 is 5.38. The summed E-state index contributed by atoms with van der Waals surface area (Å²) in [5.41, 5.74) is 2.08. The number of aromatic amines is 1.